The van der Waals surface area contributed by atoms with Crippen molar-refractivity contribution in [2.45, 2.75) is 13.0 Å². The second-order valence-corrected chi connectivity index (χ2v) is 3.56. The molecule has 0 fully saturated rings. The minimum Gasteiger partial charge on any atom is -0.336 e. The third-order valence-corrected chi connectivity index (χ3v) is 2.49. The summed E-state index contributed by atoms with van der Waals surface area (Å²) in [6, 6.07) is 8.87. The number of nitrogens with zero attached hydrogens (tertiary/aromatic N) is 1. The van der Waals surface area contributed by atoms with E-state index in [2.05, 4.69) is 15.5 Å². The van der Waals surface area contributed by atoms with Crippen LogP contribution in [0, 0.1) is 6.57 Å². The summed E-state index contributed by atoms with van der Waals surface area (Å²) in [7, 11) is 0. The van der Waals surface area contributed by atoms with Crippen LogP contribution in [0.4, 0.5) is 4.79 Å². The Morgan fingerprint density at radius 3 is 2.62 bits per heavy atom. The van der Waals surface area contributed by atoms with Crippen LogP contribution >= 0.6 is 0 Å². The molecule has 2 N–H and O–H groups in total. The van der Waals surface area contributed by atoms with Gasteiger partial charge in [0.05, 0.1) is 12.6 Å². The summed E-state index contributed by atoms with van der Waals surface area (Å²) < 4.78 is 0. The van der Waals surface area contributed by atoms with Crippen molar-refractivity contribution in [1.29, 1.82) is 0 Å². The number of benzene rings is 1. The summed E-state index contributed by atoms with van der Waals surface area (Å²) in [5.41, 5.74) is 2.07. The van der Waals surface area contributed by atoms with Gasteiger partial charge in [-0.3, -0.25) is 0 Å². The number of nitrogens with one attached hydrogen (secondary N) is 2. The van der Waals surface area contributed by atoms with Gasteiger partial charge in [-0.2, -0.15) is 0 Å². The molecule has 0 spiro atoms. The Balaban J connectivity index is 2.45. The number of carbonyl (C=O) groups excluding carboxylic acids is 1. The Labute approximate surface area is 93.8 Å². The molecule has 16 heavy (non-hydrogen) atoms. The molecule has 4 heteroatoms. The first kappa shape index (κ1) is 10.2. The first-order valence-corrected chi connectivity index (χ1v) is 4.93. The monoisotopic (exact) mass is 213 g/mol. The number of rotatable bonds is 1. The van der Waals surface area contributed by atoms with E-state index < -0.39 is 0 Å². The summed E-state index contributed by atoms with van der Waals surface area (Å²) in [5.74, 6) is 0. The maximum absolute atomic E-state index is 11.4. The normalized spacial score (nSPS) is 19.8. The van der Waals surface area contributed by atoms with E-state index in [9.17, 15) is 4.79 Å². The predicted molar refractivity (Wildman–Crippen MR) is 60.2 cm³/mol. The molecule has 0 aliphatic carbocycles. The first-order valence-electron chi connectivity index (χ1n) is 4.93. The third-order valence-electron chi connectivity index (χ3n) is 2.49. The van der Waals surface area contributed by atoms with Gasteiger partial charge >= 0.3 is 6.03 Å². The maximum Gasteiger partial charge on any atom is 0.317 e. The minimum absolute atomic E-state index is 0.265. The SMILES string of the molecule is [C-]#[N+]C1=C(C)NC(=O)NC1c1ccccc1. The fraction of sp³-hybridized carbons (Fsp3) is 0.167. The number of hydrogen-bond donors (Lipinski definition) is 2. The topological polar surface area (TPSA) is 45.5 Å². The highest BCUT2D eigenvalue weighted by Crippen LogP contribution is 2.26. The van der Waals surface area contributed by atoms with Gasteiger partial charge in [-0.1, -0.05) is 30.3 Å². The predicted octanol–water partition coefficient (Wildman–Crippen LogP) is 2.19. The van der Waals surface area contributed by atoms with Crippen molar-refractivity contribution in [2.75, 3.05) is 0 Å². The molecule has 80 valence electrons. The van der Waals surface area contributed by atoms with Crippen LogP contribution in [0.3, 0.4) is 0 Å². The summed E-state index contributed by atoms with van der Waals surface area (Å²) in [6.45, 7) is 8.89. The lowest BCUT2D eigenvalue weighted by molar-refractivity contribution is 0.239. The lowest BCUT2D eigenvalue weighted by atomic mass is 10.0. The molecule has 0 radical (unpaired) electrons. The molecular formula is C12H11N3O. The van der Waals surface area contributed by atoms with E-state index in [4.69, 9.17) is 6.57 Å². The van der Waals surface area contributed by atoms with Crippen molar-refractivity contribution in [3.63, 3.8) is 0 Å². The standard InChI is InChI=1S/C12H11N3O/c1-8-10(13-2)11(15-12(16)14-8)9-6-4-3-5-7-9/h3-7,11H,1H3,(H2,14,15,16). The molecule has 0 saturated heterocycles. The van der Waals surface area contributed by atoms with Crippen LogP contribution in [0.15, 0.2) is 41.7 Å². The van der Waals surface area contributed by atoms with E-state index in [-0.39, 0.29) is 12.1 Å². The molecule has 2 amide bonds. The van der Waals surface area contributed by atoms with Gasteiger partial charge in [0.15, 0.2) is 0 Å². The molecular weight excluding hydrogens is 202 g/mol. The average Bonchev–Trinajstić information content (AvgIpc) is 2.29. The van der Waals surface area contributed by atoms with Crippen LogP contribution < -0.4 is 10.6 Å². The van der Waals surface area contributed by atoms with Gasteiger partial charge < -0.3 is 10.6 Å². The zero-order valence-corrected chi connectivity index (χ0v) is 8.82. The van der Waals surface area contributed by atoms with E-state index in [1.807, 2.05) is 30.3 Å². The van der Waals surface area contributed by atoms with Crippen LogP contribution in [-0.2, 0) is 0 Å². The summed E-state index contributed by atoms with van der Waals surface area (Å²) in [6.07, 6.45) is 0. The van der Waals surface area contributed by atoms with Crippen molar-refractivity contribution in [1.82, 2.24) is 10.6 Å². The zero-order valence-electron chi connectivity index (χ0n) is 8.82. The second kappa shape index (κ2) is 4.07. The third kappa shape index (κ3) is 1.75. The highest BCUT2D eigenvalue weighted by Gasteiger charge is 2.26. The molecule has 1 unspecified atom stereocenters. The van der Waals surface area contributed by atoms with Crippen molar-refractivity contribution < 1.29 is 4.79 Å². The molecule has 0 bridgehead atoms. The van der Waals surface area contributed by atoms with Crippen molar-refractivity contribution in [3.8, 4) is 0 Å². The number of hydrogen-bond acceptors (Lipinski definition) is 1. The molecule has 0 aromatic heterocycles. The molecule has 2 rings (SSSR count). The average molecular weight is 213 g/mol. The Morgan fingerprint density at radius 2 is 2.00 bits per heavy atom. The quantitative estimate of drug-likeness (QED) is 0.690. The Hall–Kier alpha value is -2.28. The van der Waals surface area contributed by atoms with E-state index in [0.717, 1.165) is 5.56 Å². The van der Waals surface area contributed by atoms with Crippen molar-refractivity contribution in [3.05, 3.63) is 58.7 Å². The van der Waals surface area contributed by atoms with Gasteiger partial charge in [0.1, 0.15) is 0 Å². The Morgan fingerprint density at radius 1 is 1.31 bits per heavy atom. The summed E-state index contributed by atoms with van der Waals surface area (Å²) >= 11 is 0. The van der Waals surface area contributed by atoms with Gasteiger partial charge in [0.25, 0.3) is 0 Å². The number of urea groups is 1. The van der Waals surface area contributed by atoms with Crippen molar-refractivity contribution in [2.24, 2.45) is 0 Å². The second-order valence-electron chi connectivity index (χ2n) is 3.56. The highest BCUT2D eigenvalue weighted by atomic mass is 16.2. The van der Waals surface area contributed by atoms with Crippen LogP contribution in [0.25, 0.3) is 4.85 Å². The number of amides is 2. The largest absolute Gasteiger partial charge is 0.336 e. The van der Waals surface area contributed by atoms with E-state index in [0.29, 0.717) is 11.4 Å². The molecule has 1 aliphatic heterocycles. The fourth-order valence-corrected chi connectivity index (χ4v) is 1.72. The van der Waals surface area contributed by atoms with Crippen LogP contribution in [-0.4, -0.2) is 6.03 Å². The van der Waals surface area contributed by atoms with Crippen molar-refractivity contribution >= 4 is 6.03 Å². The van der Waals surface area contributed by atoms with Gasteiger partial charge in [-0.25, -0.2) is 9.64 Å². The van der Waals surface area contributed by atoms with Gasteiger partial charge in [-0.15, -0.1) is 0 Å². The molecule has 1 aromatic carbocycles. The molecule has 1 aromatic rings. The molecule has 0 saturated carbocycles. The van der Waals surface area contributed by atoms with Gasteiger partial charge in [0.2, 0.25) is 5.70 Å². The summed E-state index contributed by atoms with van der Waals surface area (Å²) in [5, 5.41) is 5.34. The Bertz CT molecular complexity index is 485. The summed E-state index contributed by atoms with van der Waals surface area (Å²) in [4.78, 5) is 14.8. The highest BCUT2D eigenvalue weighted by molar-refractivity contribution is 5.79. The lowest BCUT2D eigenvalue weighted by Crippen LogP contribution is -2.42. The molecule has 4 nitrogen and oxygen atoms in total. The fourth-order valence-electron chi connectivity index (χ4n) is 1.72. The lowest BCUT2D eigenvalue weighted by Gasteiger charge is -2.25. The molecule has 1 heterocycles. The van der Waals surface area contributed by atoms with E-state index in [1.54, 1.807) is 6.92 Å². The van der Waals surface area contributed by atoms with Gasteiger partial charge in [0, 0.05) is 5.70 Å². The smallest absolute Gasteiger partial charge is 0.317 e. The molecule has 1 atom stereocenters. The van der Waals surface area contributed by atoms with Crippen LogP contribution in [0.1, 0.15) is 18.5 Å². The van der Waals surface area contributed by atoms with Crippen LogP contribution in [0.5, 0.6) is 0 Å². The first-order chi connectivity index (χ1) is 7.72. The van der Waals surface area contributed by atoms with E-state index in [1.165, 1.54) is 0 Å². The Kier molecular flexibility index (Phi) is 2.61. The molecule has 1 aliphatic rings. The number of carbonyl (C=O) groups is 1. The minimum atomic E-state index is -0.340. The number of allylic oxidation sites excluding steroid dienone is 1. The van der Waals surface area contributed by atoms with Crippen LogP contribution in [0.2, 0.25) is 0 Å². The van der Waals surface area contributed by atoms with Gasteiger partial charge in [-0.05, 0) is 12.5 Å². The zero-order chi connectivity index (χ0) is 11.5. The maximum atomic E-state index is 11.4. The van der Waals surface area contributed by atoms with E-state index >= 15 is 0 Å².